The zero-order valence-corrected chi connectivity index (χ0v) is 19.7. The number of aromatic nitrogens is 2. The van der Waals surface area contributed by atoms with E-state index in [0.29, 0.717) is 5.82 Å². The van der Waals surface area contributed by atoms with Gasteiger partial charge in [0.2, 0.25) is 0 Å². The summed E-state index contributed by atoms with van der Waals surface area (Å²) in [6, 6.07) is 8.11. The van der Waals surface area contributed by atoms with E-state index in [9.17, 15) is 18.5 Å². The number of hydrogen-bond donors (Lipinski definition) is 2. The van der Waals surface area contributed by atoms with Crippen LogP contribution in [0.2, 0.25) is 5.02 Å². The molecule has 8 nitrogen and oxygen atoms in total. The van der Waals surface area contributed by atoms with Gasteiger partial charge in [-0.05, 0) is 40.5 Å². The van der Waals surface area contributed by atoms with Gasteiger partial charge in [-0.25, -0.2) is 4.39 Å². The molecule has 0 aliphatic heterocycles. The average Bonchev–Trinajstić information content (AvgIpc) is 3.13. The molecule has 11 heteroatoms. The summed E-state index contributed by atoms with van der Waals surface area (Å²) in [6.45, 7) is 1.38. The molecule has 1 heterocycles. The van der Waals surface area contributed by atoms with Crippen LogP contribution >= 0.6 is 11.6 Å². The van der Waals surface area contributed by atoms with Crippen LogP contribution in [0.1, 0.15) is 17.3 Å². The normalized spacial score (nSPS) is 13.8. The smallest absolute Gasteiger partial charge is 0.257 e. The topological polar surface area (TPSA) is 103 Å². The Balaban J connectivity index is 1.97. The maximum atomic E-state index is 14.7. The number of aliphatic hydroxyl groups is 1. The van der Waals surface area contributed by atoms with Gasteiger partial charge in [0, 0.05) is 43.3 Å². The van der Waals surface area contributed by atoms with E-state index in [-0.39, 0.29) is 39.3 Å². The van der Waals surface area contributed by atoms with Gasteiger partial charge < -0.3 is 19.9 Å². The SMILES string of the molecule is C=S(C)(=O)c1cc(F)c(Oc2cc(O[C@@H](C)CO)cc(C(=O)Nc3ccn(C)n3)c2)cc1Cl. The third kappa shape index (κ3) is 6.25. The van der Waals surface area contributed by atoms with Crippen molar-refractivity contribution in [2.45, 2.75) is 17.9 Å². The molecule has 0 bridgehead atoms. The average molecular weight is 496 g/mol. The Morgan fingerprint density at radius 1 is 1.33 bits per heavy atom. The second-order valence-electron chi connectivity index (χ2n) is 7.45. The van der Waals surface area contributed by atoms with E-state index in [1.807, 2.05) is 0 Å². The molecule has 1 aromatic heterocycles. The highest BCUT2D eigenvalue weighted by atomic mass is 35.5. The first-order valence-corrected chi connectivity index (χ1v) is 12.2. The summed E-state index contributed by atoms with van der Waals surface area (Å²) in [6.07, 6.45) is 2.46. The summed E-state index contributed by atoms with van der Waals surface area (Å²) in [5.41, 5.74) is 0.149. The Bertz CT molecular complexity index is 1290. The van der Waals surface area contributed by atoms with Gasteiger partial charge in [0.1, 0.15) is 17.6 Å². The molecule has 0 radical (unpaired) electrons. The lowest BCUT2D eigenvalue weighted by Gasteiger charge is -2.16. The molecule has 0 spiro atoms. The quantitative estimate of drug-likeness (QED) is 0.462. The third-order valence-corrected chi connectivity index (χ3v) is 6.06. The molecular weight excluding hydrogens is 473 g/mol. The summed E-state index contributed by atoms with van der Waals surface area (Å²) in [5, 5.41) is 16.1. The Morgan fingerprint density at radius 2 is 2.03 bits per heavy atom. The zero-order chi connectivity index (χ0) is 24.3. The Morgan fingerprint density at radius 3 is 2.64 bits per heavy atom. The Kier molecular flexibility index (Phi) is 7.31. The first-order chi connectivity index (χ1) is 15.5. The maximum Gasteiger partial charge on any atom is 0.257 e. The zero-order valence-electron chi connectivity index (χ0n) is 18.2. The number of halogens is 2. The molecule has 0 aliphatic rings. The number of rotatable bonds is 8. The fourth-order valence-electron chi connectivity index (χ4n) is 2.82. The number of carbonyl (C=O) groups is 1. The van der Waals surface area contributed by atoms with Crippen LogP contribution in [0.4, 0.5) is 10.2 Å². The van der Waals surface area contributed by atoms with Gasteiger partial charge in [0.05, 0.1) is 16.5 Å². The van der Waals surface area contributed by atoms with Crippen molar-refractivity contribution in [3.63, 3.8) is 0 Å². The monoisotopic (exact) mass is 495 g/mol. The summed E-state index contributed by atoms with van der Waals surface area (Å²) in [5.74, 6) is 2.61. The second kappa shape index (κ2) is 9.82. The van der Waals surface area contributed by atoms with Crippen LogP contribution in [-0.4, -0.2) is 49.8 Å². The summed E-state index contributed by atoms with van der Waals surface area (Å²) >= 11 is 6.15. The minimum atomic E-state index is -2.75. The van der Waals surface area contributed by atoms with E-state index in [2.05, 4.69) is 16.3 Å². The van der Waals surface area contributed by atoms with Gasteiger partial charge in [0.25, 0.3) is 5.91 Å². The first kappa shape index (κ1) is 24.6. The van der Waals surface area contributed by atoms with Crippen molar-refractivity contribution in [1.29, 1.82) is 0 Å². The van der Waals surface area contributed by atoms with Crippen LogP contribution in [0.25, 0.3) is 0 Å². The summed E-state index contributed by atoms with van der Waals surface area (Å²) in [4.78, 5) is 12.8. The minimum Gasteiger partial charge on any atom is -0.488 e. The van der Waals surface area contributed by atoms with Gasteiger partial charge in [-0.3, -0.25) is 13.7 Å². The number of amides is 1. The number of benzene rings is 2. The van der Waals surface area contributed by atoms with Gasteiger partial charge in [-0.15, -0.1) is 0 Å². The van der Waals surface area contributed by atoms with E-state index in [0.717, 1.165) is 6.07 Å². The molecule has 2 aromatic carbocycles. The number of nitrogens with one attached hydrogen (secondary N) is 1. The van der Waals surface area contributed by atoms with Gasteiger partial charge >= 0.3 is 0 Å². The van der Waals surface area contributed by atoms with Crippen molar-refractivity contribution in [2.24, 2.45) is 7.05 Å². The van der Waals surface area contributed by atoms with Crippen LogP contribution in [0.5, 0.6) is 17.2 Å². The number of hydrogen-bond acceptors (Lipinski definition) is 6. The number of carbonyl (C=O) groups excluding carboxylic acids is 1. The van der Waals surface area contributed by atoms with E-state index in [4.69, 9.17) is 21.1 Å². The van der Waals surface area contributed by atoms with E-state index >= 15 is 0 Å². The number of nitrogens with zero attached hydrogens (tertiary/aromatic N) is 2. The van der Waals surface area contributed by atoms with Gasteiger partial charge in [-0.1, -0.05) is 11.6 Å². The van der Waals surface area contributed by atoms with Crippen LogP contribution < -0.4 is 14.8 Å². The molecule has 1 amide bonds. The van der Waals surface area contributed by atoms with Crippen molar-refractivity contribution in [3.8, 4) is 17.2 Å². The molecule has 176 valence electrons. The van der Waals surface area contributed by atoms with Crippen molar-refractivity contribution in [1.82, 2.24) is 9.78 Å². The molecule has 0 saturated carbocycles. The molecule has 1 unspecified atom stereocenters. The molecule has 0 fully saturated rings. The van der Waals surface area contributed by atoms with Crippen LogP contribution in [0.3, 0.4) is 0 Å². The predicted molar refractivity (Wildman–Crippen MR) is 126 cm³/mol. The molecule has 3 rings (SSSR count). The molecule has 0 aliphatic carbocycles. The lowest BCUT2D eigenvalue weighted by molar-refractivity contribution is 0.102. The largest absolute Gasteiger partial charge is 0.488 e. The maximum absolute atomic E-state index is 14.7. The first-order valence-electron chi connectivity index (χ1n) is 9.69. The number of ether oxygens (including phenoxy) is 2. The Labute approximate surface area is 195 Å². The molecule has 2 N–H and O–H groups in total. The minimum absolute atomic E-state index is 0.0309. The molecule has 33 heavy (non-hydrogen) atoms. The highest BCUT2D eigenvalue weighted by Crippen LogP contribution is 2.34. The third-order valence-electron chi connectivity index (χ3n) is 4.37. The van der Waals surface area contributed by atoms with Gasteiger partial charge in [-0.2, -0.15) is 5.10 Å². The molecular formula is C22H23ClFN3O5S. The molecule has 3 aromatic rings. The predicted octanol–water partition coefficient (Wildman–Crippen LogP) is 3.72. The summed E-state index contributed by atoms with van der Waals surface area (Å²) < 4.78 is 39.6. The lowest BCUT2D eigenvalue weighted by Crippen LogP contribution is -2.17. The number of aliphatic hydroxyl groups excluding tert-OH is 1. The fourth-order valence-corrected chi connectivity index (χ4v) is 4.28. The van der Waals surface area contributed by atoms with E-state index < -0.39 is 27.4 Å². The summed E-state index contributed by atoms with van der Waals surface area (Å²) in [7, 11) is -1.04. The van der Waals surface area contributed by atoms with Crippen molar-refractivity contribution in [3.05, 3.63) is 59.0 Å². The highest BCUT2D eigenvalue weighted by Gasteiger charge is 2.17. The van der Waals surface area contributed by atoms with Crippen molar-refractivity contribution < 1.29 is 28.0 Å². The fraction of sp³-hybridized carbons (Fsp3) is 0.227. The lowest BCUT2D eigenvalue weighted by atomic mass is 10.2. The van der Waals surface area contributed by atoms with Crippen LogP contribution in [0.15, 0.2) is 47.5 Å². The molecule has 2 atom stereocenters. The van der Waals surface area contributed by atoms with Crippen molar-refractivity contribution in [2.75, 3.05) is 18.2 Å². The highest BCUT2D eigenvalue weighted by molar-refractivity contribution is 7.99. The van der Waals surface area contributed by atoms with E-state index in [1.54, 1.807) is 26.2 Å². The van der Waals surface area contributed by atoms with E-state index in [1.165, 1.54) is 35.2 Å². The Hall–Kier alpha value is -3.08. The van der Waals surface area contributed by atoms with Crippen LogP contribution in [-0.2, 0) is 16.6 Å². The second-order valence-corrected chi connectivity index (χ2v) is 10.3. The van der Waals surface area contributed by atoms with Crippen molar-refractivity contribution >= 4 is 38.7 Å². The number of anilines is 1. The van der Waals surface area contributed by atoms with Gasteiger partial charge in [0.15, 0.2) is 17.4 Å². The molecule has 0 saturated heterocycles. The number of aryl methyl sites for hydroxylation is 1. The van der Waals surface area contributed by atoms with Crippen LogP contribution in [0, 0.1) is 5.82 Å². The standard InChI is InChI=1S/C22H23ClFN3O5S/c1-13(12-28)31-15-7-14(22(29)25-21-5-6-27(2)26-21)8-16(9-15)32-19-10-17(23)20(11-18(19)24)33(3,4)30/h5-11,13,28H,3,12H2,1-2,4H3,(H,25,26,29)/t13-,33?/m0/s1.